The molecule has 1 unspecified atom stereocenters. The van der Waals surface area contributed by atoms with Crippen molar-refractivity contribution in [1.82, 2.24) is 9.58 Å². The lowest BCUT2D eigenvalue weighted by atomic mass is 9.94. The molecule has 0 radical (unpaired) electrons. The molecule has 11 heteroatoms. The number of alkyl halides is 3. The van der Waals surface area contributed by atoms with Gasteiger partial charge < -0.3 is 10.0 Å². The fourth-order valence-electron chi connectivity index (χ4n) is 4.48. The van der Waals surface area contributed by atoms with Gasteiger partial charge >= 0.3 is 6.18 Å². The number of halogens is 4. The Balaban J connectivity index is 1.78. The van der Waals surface area contributed by atoms with E-state index in [0.29, 0.717) is 21.8 Å². The van der Waals surface area contributed by atoms with Crippen molar-refractivity contribution < 1.29 is 27.5 Å². The van der Waals surface area contributed by atoms with Gasteiger partial charge in [0.05, 0.1) is 6.04 Å². The molecular formula is C24H19F4N3O3S. The highest BCUT2D eigenvalue weighted by Crippen LogP contribution is 2.43. The van der Waals surface area contributed by atoms with Crippen LogP contribution in [0.3, 0.4) is 0 Å². The molecule has 0 saturated heterocycles. The predicted octanol–water partition coefficient (Wildman–Crippen LogP) is 4.39. The van der Waals surface area contributed by atoms with E-state index >= 15 is 0 Å². The number of benzene rings is 2. The summed E-state index contributed by atoms with van der Waals surface area (Å²) in [5, 5.41) is 12.0. The number of thioether (sulfide) groups is 1. The average Bonchev–Trinajstić information content (AvgIpc) is 2.97. The molecule has 0 spiro atoms. The Morgan fingerprint density at radius 1 is 1.09 bits per heavy atom. The highest BCUT2D eigenvalue weighted by atomic mass is 32.2. The van der Waals surface area contributed by atoms with Crippen molar-refractivity contribution >= 4 is 17.7 Å². The van der Waals surface area contributed by atoms with Gasteiger partial charge in [-0.25, -0.2) is 4.39 Å². The Morgan fingerprint density at radius 2 is 1.83 bits per heavy atom. The first-order chi connectivity index (χ1) is 16.6. The van der Waals surface area contributed by atoms with Gasteiger partial charge in [-0.3, -0.25) is 19.3 Å². The van der Waals surface area contributed by atoms with E-state index in [4.69, 9.17) is 0 Å². The Morgan fingerprint density at radius 3 is 2.57 bits per heavy atom. The maximum atomic E-state index is 14.1. The van der Waals surface area contributed by atoms with Gasteiger partial charge in [0, 0.05) is 22.9 Å². The molecule has 1 aromatic heterocycles. The SMILES string of the molecule is CC(N1CN([C@H]2c3ccc(F)cc3CSc3ccccc32)n2ccc(=O)c(O)c2C1=O)C(F)(F)F. The minimum atomic E-state index is -4.74. The van der Waals surface area contributed by atoms with Crippen LogP contribution in [-0.2, 0) is 5.75 Å². The summed E-state index contributed by atoms with van der Waals surface area (Å²) in [6.07, 6.45) is -3.48. The second kappa shape index (κ2) is 8.33. The molecule has 2 aliphatic heterocycles. The highest BCUT2D eigenvalue weighted by molar-refractivity contribution is 7.98. The molecule has 0 aliphatic carbocycles. The van der Waals surface area contributed by atoms with Crippen LogP contribution in [0, 0.1) is 5.82 Å². The Bertz CT molecular complexity index is 1390. The molecule has 35 heavy (non-hydrogen) atoms. The van der Waals surface area contributed by atoms with E-state index in [1.807, 2.05) is 18.2 Å². The second-order valence-electron chi connectivity index (χ2n) is 8.37. The van der Waals surface area contributed by atoms with Gasteiger partial charge in [0.1, 0.15) is 18.5 Å². The lowest BCUT2D eigenvalue weighted by molar-refractivity contribution is -0.173. The molecule has 6 nitrogen and oxygen atoms in total. The molecule has 3 heterocycles. The topological polar surface area (TPSA) is 65.8 Å². The van der Waals surface area contributed by atoms with Crippen LogP contribution in [0.15, 0.2) is 64.4 Å². The van der Waals surface area contributed by atoms with Crippen molar-refractivity contribution in [3.8, 4) is 5.75 Å². The number of carbonyl (C=O) groups excluding carboxylic acids is 1. The van der Waals surface area contributed by atoms with E-state index in [1.165, 1.54) is 39.8 Å². The van der Waals surface area contributed by atoms with E-state index in [-0.39, 0.29) is 0 Å². The number of aromatic nitrogens is 1. The third-order valence-corrected chi connectivity index (χ3v) is 7.47. The average molecular weight is 505 g/mol. The Labute approximate surface area is 201 Å². The minimum absolute atomic E-state index is 0.429. The number of fused-ring (bicyclic) bond motifs is 3. The van der Waals surface area contributed by atoms with Gasteiger partial charge in [-0.1, -0.05) is 24.3 Å². The fourth-order valence-corrected chi connectivity index (χ4v) is 5.57. The molecule has 0 bridgehead atoms. The maximum absolute atomic E-state index is 14.1. The molecule has 182 valence electrons. The number of pyridine rings is 1. The summed E-state index contributed by atoms with van der Waals surface area (Å²) in [5.41, 5.74) is 0.585. The Kier molecular flexibility index (Phi) is 5.54. The molecule has 0 saturated carbocycles. The number of carbonyl (C=O) groups is 1. The van der Waals surface area contributed by atoms with E-state index in [0.717, 1.165) is 23.4 Å². The zero-order valence-corrected chi connectivity index (χ0v) is 19.1. The summed E-state index contributed by atoms with van der Waals surface area (Å²) >= 11 is 1.46. The number of aromatic hydroxyl groups is 1. The number of rotatable bonds is 2. The van der Waals surface area contributed by atoms with Crippen molar-refractivity contribution in [1.29, 1.82) is 0 Å². The molecule has 2 atom stereocenters. The van der Waals surface area contributed by atoms with Crippen LogP contribution in [0.2, 0.25) is 0 Å². The summed E-state index contributed by atoms with van der Waals surface area (Å²) in [6, 6.07) is 9.65. The first-order valence-corrected chi connectivity index (χ1v) is 11.7. The van der Waals surface area contributed by atoms with Crippen molar-refractivity contribution in [3.05, 3.63) is 93.2 Å². The van der Waals surface area contributed by atoms with Crippen LogP contribution in [0.5, 0.6) is 5.75 Å². The summed E-state index contributed by atoms with van der Waals surface area (Å²) in [7, 11) is 0. The first-order valence-electron chi connectivity index (χ1n) is 10.7. The van der Waals surface area contributed by atoms with Crippen LogP contribution in [0.4, 0.5) is 17.6 Å². The van der Waals surface area contributed by atoms with Crippen molar-refractivity contribution in [2.24, 2.45) is 0 Å². The molecule has 3 aromatic rings. The summed E-state index contributed by atoms with van der Waals surface area (Å²) < 4.78 is 56.6. The molecule has 2 aliphatic rings. The van der Waals surface area contributed by atoms with Crippen LogP contribution in [0.25, 0.3) is 0 Å². The number of nitrogens with zero attached hydrogens (tertiary/aromatic N) is 3. The number of amides is 1. The van der Waals surface area contributed by atoms with E-state index in [2.05, 4.69) is 0 Å². The zero-order valence-electron chi connectivity index (χ0n) is 18.3. The monoisotopic (exact) mass is 505 g/mol. The third kappa shape index (κ3) is 3.83. The Hall–Kier alpha value is -3.47. The number of hydrogen-bond donors (Lipinski definition) is 1. The van der Waals surface area contributed by atoms with Crippen LogP contribution >= 0.6 is 11.8 Å². The summed E-state index contributed by atoms with van der Waals surface area (Å²) in [5.74, 6) is -2.07. The zero-order chi connectivity index (χ0) is 25.1. The molecular weight excluding hydrogens is 486 g/mol. The van der Waals surface area contributed by atoms with Crippen LogP contribution < -0.4 is 10.4 Å². The maximum Gasteiger partial charge on any atom is 0.408 e. The van der Waals surface area contributed by atoms with E-state index < -0.39 is 53.5 Å². The smallest absolute Gasteiger partial charge is 0.408 e. The quantitative estimate of drug-likeness (QED) is 0.524. The number of hydrogen-bond acceptors (Lipinski definition) is 5. The van der Waals surface area contributed by atoms with Gasteiger partial charge in [0.25, 0.3) is 5.91 Å². The first kappa shape index (κ1) is 23.3. The standard InChI is InChI=1S/C24H19F4N3O3S/c1-13(24(26,27)28)29-12-31(30-9-8-18(32)22(33)21(30)23(29)34)20-16-7-6-15(25)10-14(16)11-35-19-5-3-2-4-17(19)20/h2-10,13,20,33H,11-12H2,1H3/t13?,20-/m0/s1. The lowest BCUT2D eigenvalue weighted by Gasteiger charge is -2.46. The van der Waals surface area contributed by atoms with Gasteiger partial charge in [0.15, 0.2) is 11.4 Å². The molecule has 1 N–H and O–H groups in total. The van der Waals surface area contributed by atoms with E-state index in [9.17, 15) is 32.3 Å². The van der Waals surface area contributed by atoms with Gasteiger partial charge in [-0.15, -0.1) is 11.8 Å². The van der Waals surface area contributed by atoms with Crippen molar-refractivity contribution in [3.63, 3.8) is 0 Å². The second-order valence-corrected chi connectivity index (χ2v) is 9.38. The van der Waals surface area contributed by atoms with Gasteiger partial charge in [-0.2, -0.15) is 13.2 Å². The lowest BCUT2D eigenvalue weighted by Crippen LogP contribution is -2.60. The minimum Gasteiger partial charge on any atom is -0.502 e. The van der Waals surface area contributed by atoms with Crippen LogP contribution in [0.1, 0.15) is 40.1 Å². The van der Waals surface area contributed by atoms with E-state index in [1.54, 1.807) is 12.1 Å². The molecule has 5 rings (SSSR count). The molecule has 0 fully saturated rings. The van der Waals surface area contributed by atoms with Crippen molar-refractivity contribution in [2.45, 2.75) is 35.8 Å². The largest absolute Gasteiger partial charge is 0.502 e. The third-order valence-electron chi connectivity index (χ3n) is 6.33. The molecule has 2 aromatic carbocycles. The fraction of sp³-hybridized carbons (Fsp3) is 0.250. The summed E-state index contributed by atoms with van der Waals surface area (Å²) in [4.78, 5) is 26.7. The van der Waals surface area contributed by atoms with Gasteiger partial charge in [0.2, 0.25) is 5.43 Å². The van der Waals surface area contributed by atoms with Gasteiger partial charge in [-0.05, 0) is 41.8 Å². The van der Waals surface area contributed by atoms with Crippen molar-refractivity contribution in [2.75, 3.05) is 11.7 Å². The summed E-state index contributed by atoms with van der Waals surface area (Å²) in [6.45, 7) is 0.360. The van der Waals surface area contributed by atoms with Crippen LogP contribution in [-0.4, -0.2) is 39.5 Å². The highest BCUT2D eigenvalue weighted by Gasteiger charge is 2.47. The normalized spacial score (nSPS) is 18.4. The predicted molar refractivity (Wildman–Crippen MR) is 121 cm³/mol. The molecule has 1 amide bonds.